The maximum Gasteiger partial charge on any atom is 0.341 e. The molecule has 1 aromatic carbocycles. The Hall–Kier alpha value is -3.73. The van der Waals surface area contributed by atoms with Crippen LogP contribution in [0.25, 0.3) is 0 Å². The van der Waals surface area contributed by atoms with E-state index in [4.69, 9.17) is 4.74 Å². The first-order valence-corrected chi connectivity index (χ1v) is 12.1. The first-order chi connectivity index (χ1) is 16.7. The van der Waals surface area contributed by atoms with Crippen LogP contribution in [-0.2, 0) is 27.2 Å². The number of esters is 1. The molecular formula is C24H26N4O6S. The molecule has 0 saturated carbocycles. The highest BCUT2D eigenvalue weighted by atomic mass is 32.1. The van der Waals surface area contributed by atoms with Gasteiger partial charge in [-0.1, -0.05) is 24.3 Å². The summed E-state index contributed by atoms with van der Waals surface area (Å²) in [4.78, 5) is 64.7. The molecule has 0 radical (unpaired) electrons. The van der Waals surface area contributed by atoms with E-state index >= 15 is 0 Å². The fraction of sp³-hybridized carbons (Fsp3) is 0.375. The second-order valence-electron chi connectivity index (χ2n) is 8.46. The minimum atomic E-state index is -1.08. The van der Waals surface area contributed by atoms with Gasteiger partial charge in [0.25, 0.3) is 11.8 Å². The van der Waals surface area contributed by atoms with Crippen LogP contribution in [0.4, 0.5) is 9.80 Å². The number of urea groups is 1. The molecule has 1 atom stereocenters. The van der Waals surface area contributed by atoms with Gasteiger partial charge in [0.05, 0.1) is 17.0 Å². The lowest BCUT2D eigenvalue weighted by Crippen LogP contribution is -2.51. The Balaban J connectivity index is 1.53. The Bertz CT molecular complexity index is 1240. The molecule has 11 heteroatoms. The summed E-state index contributed by atoms with van der Waals surface area (Å²) < 4.78 is 5.09. The average molecular weight is 499 g/mol. The van der Waals surface area contributed by atoms with Gasteiger partial charge in [0.1, 0.15) is 17.1 Å². The number of amides is 5. The molecular weight excluding hydrogens is 472 g/mol. The number of anilines is 1. The third-order valence-electron chi connectivity index (χ3n) is 6.29. The van der Waals surface area contributed by atoms with Crippen molar-refractivity contribution in [2.45, 2.75) is 38.6 Å². The minimum Gasteiger partial charge on any atom is -0.462 e. The molecule has 2 aliphatic rings. The molecule has 5 amide bonds. The van der Waals surface area contributed by atoms with Gasteiger partial charge in [-0.3, -0.25) is 19.3 Å². The summed E-state index contributed by atoms with van der Waals surface area (Å²) in [6.07, 6.45) is 1.44. The van der Waals surface area contributed by atoms with Crippen molar-refractivity contribution in [2.24, 2.45) is 0 Å². The van der Waals surface area contributed by atoms with Crippen LogP contribution in [0.15, 0.2) is 24.3 Å². The molecule has 35 heavy (non-hydrogen) atoms. The molecule has 184 valence electrons. The van der Waals surface area contributed by atoms with Crippen molar-refractivity contribution in [2.75, 3.05) is 25.5 Å². The van der Waals surface area contributed by atoms with Crippen molar-refractivity contribution in [3.8, 4) is 0 Å². The number of hydrogen-bond acceptors (Lipinski definition) is 7. The zero-order valence-electron chi connectivity index (χ0n) is 19.6. The highest BCUT2D eigenvalue weighted by molar-refractivity contribution is 7.18. The second kappa shape index (κ2) is 9.49. The lowest BCUT2D eigenvalue weighted by atomic mass is 9.78. The Morgan fingerprint density at radius 3 is 2.60 bits per heavy atom. The van der Waals surface area contributed by atoms with Gasteiger partial charge in [-0.25, -0.2) is 9.59 Å². The van der Waals surface area contributed by atoms with E-state index in [-0.39, 0.29) is 22.0 Å². The molecule has 1 aromatic heterocycles. The summed E-state index contributed by atoms with van der Waals surface area (Å²) in [6.45, 7) is 2.83. The average Bonchev–Trinajstić information content (AvgIpc) is 3.27. The van der Waals surface area contributed by atoms with Crippen LogP contribution in [0.2, 0.25) is 0 Å². The Morgan fingerprint density at radius 2 is 1.91 bits per heavy atom. The van der Waals surface area contributed by atoms with Gasteiger partial charge >= 0.3 is 12.0 Å². The summed E-state index contributed by atoms with van der Waals surface area (Å²) >= 11 is 0.926. The summed E-state index contributed by atoms with van der Waals surface area (Å²) in [5.41, 5.74) is 1.50. The first kappa shape index (κ1) is 24.4. The smallest absolute Gasteiger partial charge is 0.341 e. The number of imide groups is 1. The summed E-state index contributed by atoms with van der Waals surface area (Å²) in [6, 6.07) is 7.14. The third-order valence-corrected chi connectivity index (χ3v) is 7.50. The van der Waals surface area contributed by atoms with Crippen molar-refractivity contribution in [3.05, 3.63) is 51.4 Å². The molecule has 4 rings (SSSR count). The minimum absolute atomic E-state index is 0.0707. The van der Waals surface area contributed by atoms with Crippen molar-refractivity contribution in [1.82, 2.24) is 15.5 Å². The monoisotopic (exact) mass is 498 g/mol. The maximum absolute atomic E-state index is 13.3. The van der Waals surface area contributed by atoms with E-state index in [9.17, 15) is 24.0 Å². The number of aryl methyl sites for hydroxylation is 1. The Morgan fingerprint density at radius 1 is 1.20 bits per heavy atom. The standard InChI is InChI=1S/C24H26N4O6S/c1-4-34-21(31)17-13(2)18(19(30)25-3)35-20(17)26-16(29)12-28-22(32)24(27-23(28)33)10-9-14-7-5-6-8-15(14)11-24/h5-8H,4,9-12H2,1-3H3,(H,25,30)(H,26,29)(H,27,33). The fourth-order valence-corrected chi connectivity index (χ4v) is 5.69. The SMILES string of the molecule is CCOC(=O)c1c(NC(=O)CN2C(=O)NC3(CCc4ccccc4C3)C2=O)sc(C(=O)NC)c1C. The van der Waals surface area contributed by atoms with Crippen molar-refractivity contribution in [3.63, 3.8) is 0 Å². The number of carbonyl (C=O) groups is 5. The number of thiophene rings is 1. The van der Waals surface area contributed by atoms with Crippen LogP contribution in [0.1, 0.15) is 50.1 Å². The number of fused-ring (bicyclic) bond motifs is 1. The molecule has 1 aliphatic heterocycles. The molecule has 10 nitrogen and oxygen atoms in total. The van der Waals surface area contributed by atoms with Crippen LogP contribution < -0.4 is 16.0 Å². The number of ether oxygens (including phenoxy) is 1. The van der Waals surface area contributed by atoms with E-state index in [1.807, 2.05) is 24.3 Å². The zero-order valence-corrected chi connectivity index (χ0v) is 20.5. The molecule has 1 saturated heterocycles. The van der Waals surface area contributed by atoms with Gasteiger partial charge in [-0.2, -0.15) is 0 Å². The van der Waals surface area contributed by atoms with E-state index in [1.54, 1.807) is 13.8 Å². The predicted molar refractivity (Wildman–Crippen MR) is 128 cm³/mol. The van der Waals surface area contributed by atoms with Crippen LogP contribution >= 0.6 is 11.3 Å². The molecule has 2 aromatic rings. The number of rotatable bonds is 6. The van der Waals surface area contributed by atoms with Crippen molar-refractivity contribution < 1.29 is 28.7 Å². The highest BCUT2D eigenvalue weighted by Gasteiger charge is 2.52. The lowest BCUT2D eigenvalue weighted by molar-refractivity contribution is -0.134. The number of benzene rings is 1. The zero-order chi connectivity index (χ0) is 25.3. The van der Waals surface area contributed by atoms with Crippen molar-refractivity contribution >= 4 is 46.1 Å². The van der Waals surface area contributed by atoms with Gasteiger partial charge in [-0.15, -0.1) is 11.3 Å². The van der Waals surface area contributed by atoms with Gasteiger partial charge < -0.3 is 20.7 Å². The molecule has 1 fully saturated rings. The second-order valence-corrected chi connectivity index (χ2v) is 9.48. The third kappa shape index (κ3) is 4.39. The molecule has 1 spiro atoms. The molecule has 0 bridgehead atoms. The maximum atomic E-state index is 13.3. The van der Waals surface area contributed by atoms with E-state index in [0.29, 0.717) is 24.8 Å². The van der Waals surface area contributed by atoms with Gasteiger partial charge in [0.2, 0.25) is 5.91 Å². The van der Waals surface area contributed by atoms with Gasteiger partial charge in [0, 0.05) is 13.5 Å². The lowest BCUT2D eigenvalue weighted by Gasteiger charge is -2.32. The summed E-state index contributed by atoms with van der Waals surface area (Å²) in [5.74, 6) is -2.21. The quantitative estimate of drug-likeness (QED) is 0.412. The number of hydrogen-bond donors (Lipinski definition) is 3. The normalized spacial score (nSPS) is 18.8. The molecule has 1 unspecified atom stereocenters. The largest absolute Gasteiger partial charge is 0.462 e. The van der Waals surface area contributed by atoms with Gasteiger partial charge in [0.15, 0.2) is 0 Å². The van der Waals surface area contributed by atoms with Crippen LogP contribution in [-0.4, -0.2) is 60.4 Å². The van der Waals surface area contributed by atoms with Crippen LogP contribution in [0.5, 0.6) is 0 Å². The molecule has 1 aliphatic carbocycles. The van der Waals surface area contributed by atoms with Crippen LogP contribution in [0.3, 0.4) is 0 Å². The Kier molecular flexibility index (Phi) is 6.62. The number of carbonyl (C=O) groups excluding carboxylic acids is 5. The number of nitrogens with zero attached hydrogens (tertiary/aromatic N) is 1. The number of nitrogens with one attached hydrogen (secondary N) is 3. The predicted octanol–water partition coefficient (Wildman–Crippen LogP) is 2.01. The fourth-order valence-electron chi connectivity index (χ4n) is 4.53. The van der Waals surface area contributed by atoms with E-state index in [2.05, 4.69) is 16.0 Å². The summed E-state index contributed by atoms with van der Waals surface area (Å²) in [5, 5.41) is 8.01. The van der Waals surface area contributed by atoms with Crippen molar-refractivity contribution in [1.29, 1.82) is 0 Å². The first-order valence-electron chi connectivity index (χ1n) is 11.2. The van der Waals surface area contributed by atoms with E-state index in [0.717, 1.165) is 27.4 Å². The van der Waals surface area contributed by atoms with E-state index < -0.39 is 41.8 Å². The van der Waals surface area contributed by atoms with Crippen LogP contribution in [0, 0.1) is 6.92 Å². The topological polar surface area (TPSA) is 134 Å². The van der Waals surface area contributed by atoms with Gasteiger partial charge in [-0.05, 0) is 43.4 Å². The summed E-state index contributed by atoms with van der Waals surface area (Å²) in [7, 11) is 1.46. The molecule has 3 N–H and O–H groups in total. The highest BCUT2D eigenvalue weighted by Crippen LogP contribution is 2.35. The molecule has 2 heterocycles. The van der Waals surface area contributed by atoms with E-state index in [1.165, 1.54) is 7.05 Å². The Labute approximate surface area is 206 Å².